The van der Waals surface area contributed by atoms with Crippen LogP contribution < -0.4 is 4.90 Å². The van der Waals surface area contributed by atoms with Gasteiger partial charge in [-0.05, 0) is 83.7 Å². The van der Waals surface area contributed by atoms with E-state index in [2.05, 4.69) is 93.9 Å². The third-order valence-electron chi connectivity index (χ3n) is 8.14. The molecule has 42 heavy (non-hydrogen) atoms. The first kappa shape index (κ1) is 30.9. The lowest BCUT2D eigenvalue weighted by Gasteiger charge is -2.31. The van der Waals surface area contributed by atoms with E-state index < -0.39 is 0 Å². The SMILES string of the molecule is CC.CC.CCC1CC(P)C2c3ccccc3N(c3ccc(-c4ccc(-c5ccc(-c6ccc(C=O)s6)s5)s4)cc3)C12. The molecule has 5 atom stereocenters. The zero-order chi connectivity index (χ0) is 29.8. The summed E-state index contributed by atoms with van der Waals surface area (Å²) >= 11 is 5.19. The molecule has 2 aromatic carbocycles. The minimum atomic E-state index is 0.540. The minimum Gasteiger partial charge on any atom is -0.337 e. The topological polar surface area (TPSA) is 20.3 Å². The van der Waals surface area contributed by atoms with E-state index in [1.807, 2.05) is 51.2 Å². The van der Waals surface area contributed by atoms with Gasteiger partial charge in [-0.2, -0.15) is 0 Å². The van der Waals surface area contributed by atoms with E-state index in [1.54, 1.807) is 22.7 Å². The number of carbonyl (C=O) groups is 1. The number of nitrogens with zero attached hydrogens (tertiary/aromatic N) is 1. The molecule has 5 unspecified atom stereocenters. The lowest BCUT2D eigenvalue weighted by atomic mass is 9.93. The smallest absolute Gasteiger partial charge is 0.160 e. The molecule has 6 heteroatoms. The van der Waals surface area contributed by atoms with Gasteiger partial charge in [0, 0.05) is 47.7 Å². The van der Waals surface area contributed by atoms with Crippen molar-refractivity contribution in [2.45, 2.75) is 65.1 Å². The monoisotopic (exact) mass is 629 g/mol. The fourth-order valence-corrected chi connectivity index (χ4v) is 10.2. The summed E-state index contributed by atoms with van der Waals surface area (Å²) in [5.74, 6) is 1.31. The van der Waals surface area contributed by atoms with Crippen molar-refractivity contribution in [3.63, 3.8) is 0 Å². The van der Waals surface area contributed by atoms with Crippen molar-refractivity contribution < 1.29 is 4.79 Å². The standard InChI is InChI=1S/C32H28NOPS3.2C2H6/c1-2-19-17-25(35)31-23-5-3-4-6-24(23)33(32(19)31)21-9-7-20(8-10-21)26-13-14-29(37-26)30-16-15-28(38-30)27-12-11-22(18-34)36-27;2*1-2/h3-16,18-19,25,31-32H,2,17,35H2,1H3;2*1-2H3. The van der Waals surface area contributed by atoms with Gasteiger partial charge in [0.1, 0.15) is 0 Å². The zero-order valence-electron chi connectivity index (χ0n) is 25.0. The molecule has 3 aromatic heterocycles. The molecule has 2 aliphatic rings. The van der Waals surface area contributed by atoms with Crippen LogP contribution in [-0.2, 0) is 0 Å². The largest absolute Gasteiger partial charge is 0.337 e. The van der Waals surface area contributed by atoms with Gasteiger partial charge in [0.2, 0.25) is 0 Å². The maximum absolute atomic E-state index is 11.1. The van der Waals surface area contributed by atoms with Gasteiger partial charge in [0.15, 0.2) is 6.29 Å². The van der Waals surface area contributed by atoms with Crippen LogP contribution in [0.2, 0.25) is 0 Å². The molecule has 0 saturated heterocycles. The Bertz CT molecular complexity index is 1610. The highest BCUT2D eigenvalue weighted by atomic mass is 32.1. The van der Waals surface area contributed by atoms with Crippen LogP contribution >= 0.6 is 43.3 Å². The number of benzene rings is 2. The molecule has 1 saturated carbocycles. The molecule has 0 spiro atoms. The molecule has 2 nitrogen and oxygen atoms in total. The summed E-state index contributed by atoms with van der Waals surface area (Å²) in [6.07, 6.45) is 3.43. The third kappa shape index (κ3) is 5.69. The summed E-state index contributed by atoms with van der Waals surface area (Å²) in [4.78, 5) is 20.7. The molecule has 1 fully saturated rings. The summed E-state index contributed by atoms with van der Waals surface area (Å²) in [6.45, 7) is 10.3. The van der Waals surface area contributed by atoms with E-state index in [-0.39, 0.29) is 0 Å². The van der Waals surface area contributed by atoms with Crippen LogP contribution in [0.25, 0.3) is 29.9 Å². The van der Waals surface area contributed by atoms with Crippen molar-refractivity contribution in [1.29, 1.82) is 0 Å². The summed E-state index contributed by atoms with van der Waals surface area (Å²) in [5, 5.41) is 0. The Labute approximate surface area is 265 Å². The van der Waals surface area contributed by atoms with Crippen LogP contribution in [0.5, 0.6) is 0 Å². The van der Waals surface area contributed by atoms with Crippen molar-refractivity contribution in [3.05, 3.63) is 95.4 Å². The van der Waals surface area contributed by atoms with Crippen molar-refractivity contribution in [1.82, 2.24) is 0 Å². The van der Waals surface area contributed by atoms with Crippen LogP contribution in [0.15, 0.2) is 84.9 Å². The number of hydrogen-bond donors (Lipinski definition) is 0. The van der Waals surface area contributed by atoms with Crippen LogP contribution in [0.3, 0.4) is 0 Å². The molecule has 0 N–H and O–H groups in total. The van der Waals surface area contributed by atoms with Crippen LogP contribution in [0.1, 0.15) is 68.6 Å². The van der Waals surface area contributed by atoms with Gasteiger partial charge in [-0.1, -0.05) is 71.4 Å². The Kier molecular flexibility index (Phi) is 10.2. The zero-order valence-corrected chi connectivity index (χ0v) is 28.6. The molecule has 1 aliphatic heterocycles. The van der Waals surface area contributed by atoms with Crippen LogP contribution in [0.4, 0.5) is 11.4 Å². The third-order valence-corrected chi connectivity index (χ3v) is 12.4. The second kappa shape index (κ2) is 13.8. The first-order chi connectivity index (χ1) is 20.6. The molecule has 7 rings (SSSR count). The predicted molar refractivity (Wildman–Crippen MR) is 191 cm³/mol. The van der Waals surface area contributed by atoms with Gasteiger partial charge in [-0.3, -0.25) is 4.79 Å². The van der Waals surface area contributed by atoms with Gasteiger partial charge in [-0.15, -0.1) is 43.3 Å². The van der Waals surface area contributed by atoms with E-state index >= 15 is 0 Å². The Morgan fingerprint density at radius 3 is 1.95 bits per heavy atom. The first-order valence-electron chi connectivity index (χ1n) is 15.1. The van der Waals surface area contributed by atoms with Crippen molar-refractivity contribution in [3.8, 4) is 29.9 Å². The number of para-hydroxylation sites is 1. The fourth-order valence-electron chi connectivity index (χ4n) is 6.40. The lowest BCUT2D eigenvalue weighted by molar-refractivity contribution is 0.112. The molecule has 4 heterocycles. The molecular weight excluding hydrogens is 590 g/mol. The van der Waals surface area contributed by atoms with Gasteiger partial charge >= 0.3 is 0 Å². The van der Waals surface area contributed by atoms with E-state index in [9.17, 15) is 4.79 Å². The number of aldehydes is 1. The average Bonchev–Trinajstić information content (AvgIpc) is 3.88. The van der Waals surface area contributed by atoms with E-state index in [4.69, 9.17) is 0 Å². The maximum Gasteiger partial charge on any atom is 0.160 e. The Hall–Kier alpha value is -2.56. The highest BCUT2D eigenvalue weighted by Gasteiger charge is 2.50. The summed E-state index contributed by atoms with van der Waals surface area (Å²) in [6, 6.07) is 31.6. The quantitative estimate of drug-likeness (QED) is 0.138. The second-order valence-electron chi connectivity index (χ2n) is 10.2. The van der Waals surface area contributed by atoms with E-state index in [0.29, 0.717) is 23.5 Å². The molecule has 5 aromatic rings. The van der Waals surface area contributed by atoms with Gasteiger partial charge < -0.3 is 4.90 Å². The first-order valence-corrected chi connectivity index (χ1v) is 18.3. The highest BCUT2D eigenvalue weighted by molar-refractivity contribution is 7.27. The Balaban J connectivity index is 0.000000847. The number of fused-ring (bicyclic) bond motifs is 3. The number of hydrogen-bond acceptors (Lipinski definition) is 5. The average molecular weight is 630 g/mol. The molecule has 0 radical (unpaired) electrons. The Morgan fingerprint density at radius 2 is 1.33 bits per heavy atom. The molecule has 0 amide bonds. The maximum atomic E-state index is 11.1. The predicted octanol–water partition coefficient (Wildman–Crippen LogP) is 12.0. The molecule has 0 bridgehead atoms. The van der Waals surface area contributed by atoms with E-state index in [1.165, 1.54) is 54.9 Å². The highest BCUT2D eigenvalue weighted by Crippen LogP contribution is 2.57. The van der Waals surface area contributed by atoms with Crippen LogP contribution in [-0.4, -0.2) is 18.0 Å². The number of carbonyl (C=O) groups excluding carboxylic acids is 1. The summed E-state index contributed by atoms with van der Waals surface area (Å²) < 4.78 is 0. The van der Waals surface area contributed by atoms with Crippen molar-refractivity contribution >= 4 is 60.9 Å². The second-order valence-corrected chi connectivity index (χ2v) is 14.3. The molecule has 218 valence electrons. The van der Waals surface area contributed by atoms with E-state index in [0.717, 1.165) is 16.0 Å². The van der Waals surface area contributed by atoms with Crippen molar-refractivity contribution in [2.75, 3.05) is 4.90 Å². The van der Waals surface area contributed by atoms with Crippen molar-refractivity contribution in [2.24, 2.45) is 5.92 Å². The van der Waals surface area contributed by atoms with Gasteiger partial charge in [0.25, 0.3) is 0 Å². The Morgan fingerprint density at radius 1 is 0.762 bits per heavy atom. The number of thiophene rings is 3. The number of rotatable bonds is 6. The summed E-state index contributed by atoms with van der Waals surface area (Å²) in [7, 11) is 3.16. The summed E-state index contributed by atoms with van der Waals surface area (Å²) in [5.41, 5.74) is 6.11. The fraction of sp³-hybridized carbons (Fsp3) is 0.306. The van der Waals surface area contributed by atoms with Gasteiger partial charge in [0.05, 0.1) is 4.88 Å². The minimum absolute atomic E-state index is 0.540. The normalized spacial score (nSPS) is 20.2. The number of anilines is 2. The lowest BCUT2D eigenvalue weighted by Crippen LogP contribution is -2.33. The van der Waals surface area contributed by atoms with Gasteiger partial charge in [-0.25, -0.2) is 0 Å². The molecule has 1 aliphatic carbocycles. The molecular formula is C36H40NOPS3. The van der Waals surface area contributed by atoms with Crippen LogP contribution in [0, 0.1) is 5.92 Å².